The third-order valence-corrected chi connectivity index (χ3v) is 5.09. The van der Waals surface area contributed by atoms with Gasteiger partial charge in [0.25, 0.3) is 0 Å². The molecule has 0 bridgehead atoms. The fourth-order valence-electron chi connectivity index (χ4n) is 3.40. The first-order valence-corrected chi connectivity index (χ1v) is 9.61. The molecule has 0 radical (unpaired) electrons. The van der Waals surface area contributed by atoms with Crippen LogP contribution < -0.4 is 5.32 Å². The maximum absolute atomic E-state index is 12.9. The first kappa shape index (κ1) is 18.4. The van der Waals surface area contributed by atoms with Crippen LogP contribution in [0.1, 0.15) is 31.0 Å². The molecule has 0 atom stereocenters. The van der Waals surface area contributed by atoms with Gasteiger partial charge in [0, 0.05) is 23.7 Å². The number of urea groups is 1. The fraction of sp³-hybridized carbons (Fsp3) is 0.300. The highest BCUT2D eigenvalue weighted by atomic mass is 35.5. The quantitative estimate of drug-likeness (QED) is 0.721. The number of fused-ring (bicyclic) bond motifs is 1. The minimum atomic E-state index is -0.151. The van der Waals surface area contributed by atoms with Gasteiger partial charge in [-0.15, -0.1) is 5.10 Å². The molecule has 0 aliphatic carbocycles. The first-order chi connectivity index (χ1) is 13.5. The van der Waals surface area contributed by atoms with Crippen molar-refractivity contribution in [3.63, 3.8) is 0 Å². The van der Waals surface area contributed by atoms with E-state index in [2.05, 4.69) is 20.8 Å². The summed E-state index contributed by atoms with van der Waals surface area (Å²) in [6.07, 6.45) is 0.813. The number of hydrogen-bond acceptors (Lipinski definition) is 4. The Morgan fingerprint density at radius 3 is 2.82 bits per heavy atom. The second-order valence-corrected chi connectivity index (χ2v) is 7.54. The van der Waals surface area contributed by atoms with E-state index < -0.39 is 0 Å². The summed E-state index contributed by atoms with van der Waals surface area (Å²) in [4.78, 5) is 14.7. The molecule has 0 saturated carbocycles. The summed E-state index contributed by atoms with van der Waals surface area (Å²) in [5.74, 6) is 0.627. The van der Waals surface area contributed by atoms with Gasteiger partial charge in [0.1, 0.15) is 0 Å². The number of aromatic nitrogens is 4. The molecule has 0 spiro atoms. The molecule has 144 valence electrons. The molecule has 2 aromatic carbocycles. The van der Waals surface area contributed by atoms with E-state index >= 15 is 0 Å². The van der Waals surface area contributed by atoms with Crippen molar-refractivity contribution < 1.29 is 4.79 Å². The Morgan fingerprint density at radius 1 is 1.18 bits per heavy atom. The van der Waals surface area contributed by atoms with E-state index in [0.717, 1.165) is 17.5 Å². The molecule has 7 nitrogen and oxygen atoms in total. The van der Waals surface area contributed by atoms with E-state index in [-0.39, 0.29) is 12.1 Å². The predicted molar refractivity (Wildman–Crippen MR) is 108 cm³/mol. The monoisotopic (exact) mass is 396 g/mol. The molecule has 1 aromatic heterocycles. The molecule has 4 rings (SSSR count). The van der Waals surface area contributed by atoms with Crippen molar-refractivity contribution >= 4 is 23.3 Å². The van der Waals surface area contributed by atoms with Crippen molar-refractivity contribution in [2.24, 2.45) is 0 Å². The Kier molecular flexibility index (Phi) is 5.00. The molecule has 0 unspecified atom stereocenters. The van der Waals surface area contributed by atoms with Crippen molar-refractivity contribution in [2.45, 2.75) is 32.9 Å². The van der Waals surface area contributed by atoms with Crippen LogP contribution in [-0.4, -0.2) is 37.7 Å². The van der Waals surface area contributed by atoms with Crippen LogP contribution in [0.2, 0.25) is 5.02 Å². The Bertz CT molecular complexity index is 1020. The molecule has 28 heavy (non-hydrogen) atoms. The highest BCUT2D eigenvalue weighted by Crippen LogP contribution is 2.28. The molecule has 0 fully saturated rings. The topological polar surface area (TPSA) is 75.9 Å². The van der Waals surface area contributed by atoms with Gasteiger partial charge in [0.05, 0.1) is 11.7 Å². The Hall–Kier alpha value is -2.93. The third kappa shape index (κ3) is 3.57. The smallest absolute Gasteiger partial charge is 0.320 e. The zero-order chi connectivity index (χ0) is 19.7. The van der Waals surface area contributed by atoms with E-state index in [4.69, 9.17) is 11.6 Å². The maximum Gasteiger partial charge on any atom is 0.322 e. The Morgan fingerprint density at radius 2 is 2.00 bits per heavy atom. The lowest BCUT2D eigenvalue weighted by Gasteiger charge is -2.29. The summed E-state index contributed by atoms with van der Waals surface area (Å²) in [5.41, 5.74) is 3.80. The highest BCUT2D eigenvalue weighted by Gasteiger charge is 2.22. The summed E-state index contributed by atoms with van der Waals surface area (Å²) in [6.45, 7) is 5.22. The molecular formula is C20H21ClN6O. The molecule has 8 heteroatoms. The SMILES string of the molecule is CC(C)n1nnnc1-c1ccccc1NC(=O)N1CCc2ccc(Cl)cc2C1. The summed E-state index contributed by atoms with van der Waals surface area (Å²) in [5, 5.41) is 15.7. The van der Waals surface area contributed by atoms with Crippen molar-refractivity contribution in [1.82, 2.24) is 25.1 Å². The zero-order valence-corrected chi connectivity index (χ0v) is 16.5. The number of nitrogens with one attached hydrogen (secondary N) is 1. The van der Waals surface area contributed by atoms with Gasteiger partial charge < -0.3 is 10.2 Å². The Balaban J connectivity index is 1.57. The summed E-state index contributed by atoms with van der Waals surface area (Å²) in [7, 11) is 0. The zero-order valence-electron chi connectivity index (χ0n) is 15.8. The number of halogens is 1. The van der Waals surface area contributed by atoms with Gasteiger partial charge in [0.2, 0.25) is 0 Å². The third-order valence-electron chi connectivity index (χ3n) is 4.86. The normalized spacial score (nSPS) is 13.5. The van der Waals surface area contributed by atoms with Gasteiger partial charge in [0.15, 0.2) is 5.82 Å². The average molecular weight is 397 g/mol. The van der Waals surface area contributed by atoms with Crippen LogP contribution in [0.5, 0.6) is 0 Å². The number of carbonyl (C=O) groups is 1. The lowest BCUT2D eigenvalue weighted by molar-refractivity contribution is 0.206. The van der Waals surface area contributed by atoms with E-state index in [1.807, 2.05) is 56.3 Å². The van der Waals surface area contributed by atoms with E-state index in [0.29, 0.717) is 29.6 Å². The van der Waals surface area contributed by atoms with Crippen molar-refractivity contribution in [3.8, 4) is 11.4 Å². The standard InChI is InChI=1S/C20H21ClN6O/c1-13(2)27-19(23-24-25-27)17-5-3-4-6-18(17)22-20(28)26-10-9-14-7-8-16(21)11-15(14)12-26/h3-8,11,13H,9-10,12H2,1-2H3,(H,22,28). The number of rotatable bonds is 3. The predicted octanol–water partition coefficient (Wildman–Crippen LogP) is 4.16. The number of nitrogens with zero attached hydrogens (tertiary/aromatic N) is 5. The lowest BCUT2D eigenvalue weighted by atomic mass is 10.0. The molecule has 2 amide bonds. The summed E-state index contributed by atoms with van der Waals surface area (Å²) >= 11 is 6.11. The average Bonchev–Trinajstić information content (AvgIpc) is 3.17. The number of hydrogen-bond donors (Lipinski definition) is 1. The van der Waals surface area contributed by atoms with Crippen LogP contribution in [0, 0.1) is 0 Å². The first-order valence-electron chi connectivity index (χ1n) is 9.23. The van der Waals surface area contributed by atoms with Gasteiger partial charge in [-0.3, -0.25) is 0 Å². The molecule has 1 N–H and O–H groups in total. The minimum absolute atomic E-state index is 0.108. The van der Waals surface area contributed by atoms with Crippen molar-refractivity contribution in [2.75, 3.05) is 11.9 Å². The second-order valence-electron chi connectivity index (χ2n) is 7.10. The van der Waals surface area contributed by atoms with Crippen molar-refractivity contribution in [3.05, 3.63) is 58.6 Å². The van der Waals surface area contributed by atoms with Crippen LogP contribution in [0.3, 0.4) is 0 Å². The van der Waals surface area contributed by atoms with Crippen LogP contribution in [0.4, 0.5) is 10.5 Å². The van der Waals surface area contributed by atoms with Crippen molar-refractivity contribution in [1.29, 1.82) is 0 Å². The molecule has 1 aliphatic heterocycles. The molecule has 3 aromatic rings. The van der Waals surface area contributed by atoms with Gasteiger partial charge in [-0.25, -0.2) is 9.48 Å². The van der Waals surface area contributed by atoms with E-state index in [9.17, 15) is 4.79 Å². The van der Waals surface area contributed by atoms with E-state index in [1.54, 1.807) is 9.58 Å². The number of anilines is 1. The number of para-hydroxylation sites is 1. The van der Waals surface area contributed by atoms with Gasteiger partial charge in [-0.1, -0.05) is 29.8 Å². The number of tetrazole rings is 1. The molecule has 0 saturated heterocycles. The highest BCUT2D eigenvalue weighted by molar-refractivity contribution is 6.30. The summed E-state index contributed by atoms with van der Waals surface area (Å²) < 4.78 is 1.74. The lowest BCUT2D eigenvalue weighted by Crippen LogP contribution is -2.39. The van der Waals surface area contributed by atoms with Crippen LogP contribution in [0.25, 0.3) is 11.4 Å². The van der Waals surface area contributed by atoms with Crippen LogP contribution in [-0.2, 0) is 13.0 Å². The van der Waals surface area contributed by atoms with E-state index in [1.165, 1.54) is 5.56 Å². The van der Waals surface area contributed by atoms with Crippen LogP contribution >= 0.6 is 11.6 Å². The van der Waals surface area contributed by atoms with Crippen LogP contribution in [0.15, 0.2) is 42.5 Å². The largest absolute Gasteiger partial charge is 0.322 e. The van der Waals surface area contributed by atoms with Gasteiger partial charge >= 0.3 is 6.03 Å². The number of carbonyl (C=O) groups excluding carboxylic acids is 1. The molecular weight excluding hydrogens is 376 g/mol. The summed E-state index contributed by atoms with van der Waals surface area (Å²) in [6, 6.07) is 13.4. The Labute approximate surface area is 168 Å². The number of benzene rings is 2. The second kappa shape index (κ2) is 7.59. The fourth-order valence-corrected chi connectivity index (χ4v) is 3.59. The van der Waals surface area contributed by atoms with Gasteiger partial charge in [-0.05, 0) is 66.1 Å². The minimum Gasteiger partial charge on any atom is -0.320 e. The molecule has 1 aliphatic rings. The molecule has 2 heterocycles. The number of amides is 2. The maximum atomic E-state index is 12.9. The van der Waals surface area contributed by atoms with Gasteiger partial charge in [-0.2, -0.15) is 0 Å².